The molecule has 0 atom stereocenters. The number of hydrogen-bond donors (Lipinski definition) is 2. The fourth-order valence-electron chi connectivity index (χ4n) is 2.07. The van der Waals surface area contributed by atoms with Crippen molar-refractivity contribution in [2.24, 2.45) is 0 Å². The molecule has 0 bridgehead atoms. The topological polar surface area (TPSA) is 46.2 Å². The minimum atomic E-state index is 0.0442. The summed E-state index contributed by atoms with van der Waals surface area (Å²) in [5.41, 5.74) is 10.9. The Hall–Kier alpha value is -1.80. The lowest BCUT2D eigenvalue weighted by Crippen LogP contribution is -1.95. The number of aliphatic hydroxyl groups excluding tert-OH is 1. The van der Waals surface area contributed by atoms with Crippen molar-refractivity contribution in [2.45, 2.75) is 26.4 Å². The normalized spacial score (nSPS) is 10.9. The van der Waals surface area contributed by atoms with Gasteiger partial charge in [-0.1, -0.05) is 44.2 Å². The zero-order chi connectivity index (χ0) is 13.1. The lowest BCUT2D eigenvalue weighted by atomic mass is 9.93. The number of aliphatic hydroxyl groups is 1. The van der Waals surface area contributed by atoms with E-state index in [-0.39, 0.29) is 6.61 Å². The molecule has 0 fully saturated rings. The largest absolute Gasteiger partial charge is 0.399 e. The molecule has 0 aromatic heterocycles. The van der Waals surface area contributed by atoms with Crippen molar-refractivity contribution in [1.82, 2.24) is 0 Å². The summed E-state index contributed by atoms with van der Waals surface area (Å²) < 4.78 is 0. The zero-order valence-corrected chi connectivity index (χ0v) is 10.9. The molecule has 0 radical (unpaired) electrons. The van der Waals surface area contributed by atoms with Crippen molar-refractivity contribution in [3.8, 4) is 11.1 Å². The van der Waals surface area contributed by atoms with Gasteiger partial charge >= 0.3 is 0 Å². The van der Waals surface area contributed by atoms with E-state index in [1.54, 1.807) is 0 Å². The molecule has 94 valence electrons. The van der Waals surface area contributed by atoms with Gasteiger partial charge in [0.2, 0.25) is 0 Å². The number of nitrogens with two attached hydrogens (primary N) is 1. The third kappa shape index (κ3) is 2.54. The molecule has 0 saturated carbocycles. The number of hydrogen-bond acceptors (Lipinski definition) is 2. The van der Waals surface area contributed by atoms with Crippen LogP contribution in [0.25, 0.3) is 11.1 Å². The smallest absolute Gasteiger partial charge is 0.0687 e. The van der Waals surface area contributed by atoms with E-state index < -0.39 is 0 Å². The van der Waals surface area contributed by atoms with Crippen LogP contribution < -0.4 is 5.73 Å². The molecule has 0 aliphatic carbocycles. The van der Waals surface area contributed by atoms with Crippen LogP contribution in [-0.2, 0) is 6.61 Å². The van der Waals surface area contributed by atoms with Crippen LogP contribution in [0.5, 0.6) is 0 Å². The standard InChI is InChI=1S/C16H19NO/c1-11(2)12-6-7-14(10-18)16(9-12)13-4-3-5-15(17)8-13/h3-9,11,18H,10,17H2,1-2H3. The number of anilines is 1. The minimum Gasteiger partial charge on any atom is -0.399 e. The first-order valence-electron chi connectivity index (χ1n) is 6.21. The number of nitrogen functional groups attached to an aromatic ring is 1. The van der Waals surface area contributed by atoms with E-state index in [9.17, 15) is 5.11 Å². The van der Waals surface area contributed by atoms with E-state index in [1.807, 2.05) is 30.3 Å². The average molecular weight is 241 g/mol. The predicted octanol–water partition coefficient (Wildman–Crippen LogP) is 3.55. The van der Waals surface area contributed by atoms with Crippen molar-refractivity contribution >= 4 is 5.69 Å². The molecular weight excluding hydrogens is 222 g/mol. The molecule has 2 rings (SSSR count). The van der Waals surface area contributed by atoms with E-state index in [0.717, 1.165) is 22.4 Å². The number of benzene rings is 2. The fraction of sp³-hybridized carbons (Fsp3) is 0.250. The van der Waals surface area contributed by atoms with Crippen molar-refractivity contribution in [2.75, 3.05) is 5.73 Å². The Kier molecular flexibility index (Phi) is 3.68. The third-order valence-corrected chi connectivity index (χ3v) is 3.17. The Balaban J connectivity index is 2.56. The molecule has 0 amide bonds. The summed E-state index contributed by atoms with van der Waals surface area (Å²) in [5.74, 6) is 0.470. The van der Waals surface area contributed by atoms with Gasteiger partial charge in [-0.05, 0) is 40.3 Å². The second-order valence-corrected chi connectivity index (χ2v) is 4.85. The van der Waals surface area contributed by atoms with Crippen LogP contribution in [0, 0.1) is 0 Å². The summed E-state index contributed by atoms with van der Waals surface area (Å²) >= 11 is 0. The van der Waals surface area contributed by atoms with Crippen molar-refractivity contribution in [3.63, 3.8) is 0 Å². The van der Waals surface area contributed by atoms with Gasteiger partial charge in [0.25, 0.3) is 0 Å². The van der Waals surface area contributed by atoms with Crippen LogP contribution in [-0.4, -0.2) is 5.11 Å². The van der Waals surface area contributed by atoms with Gasteiger partial charge in [0, 0.05) is 5.69 Å². The van der Waals surface area contributed by atoms with Crippen LogP contribution in [0.4, 0.5) is 5.69 Å². The van der Waals surface area contributed by atoms with E-state index in [1.165, 1.54) is 5.56 Å². The molecular formula is C16H19NO. The van der Waals surface area contributed by atoms with Crippen molar-refractivity contribution in [1.29, 1.82) is 0 Å². The molecule has 3 N–H and O–H groups in total. The van der Waals surface area contributed by atoms with E-state index >= 15 is 0 Å². The monoisotopic (exact) mass is 241 g/mol. The third-order valence-electron chi connectivity index (χ3n) is 3.17. The second-order valence-electron chi connectivity index (χ2n) is 4.85. The summed E-state index contributed by atoms with van der Waals surface area (Å²) in [6.45, 7) is 4.37. The Morgan fingerprint density at radius 1 is 1.11 bits per heavy atom. The van der Waals surface area contributed by atoms with E-state index in [4.69, 9.17) is 5.73 Å². The minimum absolute atomic E-state index is 0.0442. The highest BCUT2D eigenvalue weighted by molar-refractivity contribution is 5.71. The Labute approximate surface area is 108 Å². The van der Waals surface area contributed by atoms with Crippen molar-refractivity contribution in [3.05, 3.63) is 53.6 Å². The van der Waals surface area contributed by atoms with Gasteiger partial charge in [-0.15, -0.1) is 0 Å². The van der Waals surface area contributed by atoms with Gasteiger partial charge in [0.05, 0.1) is 6.61 Å². The van der Waals surface area contributed by atoms with Crippen LogP contribution in [0.15, 0.2) is 42.5 Å². The maximum absolute atomic E-state index is 9.45. The summed E-state index contributed by atoms with van der Waals surface area (Å²) in [5, 5.41) is 9.45. The molecule has 0 heterocycles. The first-order chi connectivity index (χ1) is 8.61. The van der Waals surface area contributed by atoms with Gasteiger partial charge in [-0.2, -0.15) is 0 Å². The summed E-state index contributed by atoms with van der Waals surface area (Å²) in [6.07, 6.45) is 0. The van der Waals surface area contributed by atoms with Crippen molar-refractivity contribution < 1.29 is 5.11 Å². The summed E-state index contributed by atoms with van der Waals surface area (Å²) in [7, 11) is 0. The maximum atomic E-state index is 9.45. The quantitative estimate of drug-likeness (QED) is 0.807. The number of rotatable bonds is 3. The van der Waals surface area contributed by atoms with Crippen LogP contribution in [0.3, 0.4) is 0 Å². The Bertz CT molecular complexity index is 547. The van der Waals surface area contributed by atoms with Gasteiger partial charge in [0.15, 0.2) is 0 Å². The second kappa shape index (κ2) is 5.23. The SMILES string of the molecule is CC(C)c1ccc(CO)c(-c2cccc(N)c2)c1. The molecule has 2 aromatic rings. The molecule has 18 heavy (non-hydrogen) atoms. The fourth-order valence-corrected chi connectivity index (χ4v) is 2.07. The zero-order valence-electron chi connectivity index (χ0n) is 10.9. The van der Waals surface area contributed by atoms with Crippen LogP contribution in [0.1, 0.15) is 30.9 Å². The molecule has 0 aliphatic rings. The molecule has 0 aliphatic heterocycles. The van der Waals surface area contributed by atoms with Gasteiger partial charge in [-0.25, -0.2) is 0 Å². The Morgan fingerprint density at radius 3 is 2.50 bits per heavy atom. The molecule has 2 nitrogen and oxygen atoms in total. The summed E-state index contributed by atoms with van der Waals surface area (Å²) in [4.78, 5) is 0. The average Bonchev–Trinajstić information content (AvgIpc) is 2.38. The van der Waals surface area contributed by atoms with Crippen LogP contribution >= 0.6 is 0 Å². The van der Waals surface area contributed by atoms with E-state index in [0.29, 0.717) is 5.92 Å². The highest BCUT2D eigenvalue weighted by atomic mass is 16.3. The van der Waals surface area contributed by atoms with Crippen LogP contribution in [0.2, 0.25) is 0 Å². The molecule has 2 heteroatoms. The first kappa shape index (κ1) is 12.7. The molecule has 0 spiro atoms. The highest BCUT2D eigenvalue weighted by Crippen LogP contribution is 2.29. The molecule has 0 unspecified atom stereocenters. The predicted molar refractivity (Wildman–Crippen MR) is 76.3 cm³/mol. The first-order valence-corrected chi connectivity index (χ1v) is 6.21. The van der Waals surface area contributed by atoms with E-state index in [2.05, 4.69) is 26.0 Å². The molecule has 0 saturated heterocycles. The highest BCUT2D eigenvalue weighted by Gasteiger charge is 2.08. The molecule has 2 aromatic carbocycles. The summed E-state index contributed by atoms with van der Waals surface area (Å²) in [6, 6.07) is 14.0. The van der Waals surface area contributed by atoms with Gasteiger partial charge in [0.1, 0.15) is 0 Å². The lowest BCUT2D eigenvalue weighted by molar-refractivity contribution is 0.282. The van der Waals surface area contributed by atoms with Gasteiger partial charge < -0.3 is 10.8 Å². The lowest BCUT2D eigenvalue weighted by Gasteiger charge is -2.13. The van der Waals surface area contributed by atoms with Gasteiger partial charge in [-0.3, -0.25) is 0 Å². The Morgan fingerprint density at radius 2 is 1.89 bits per heavy atom. The maximum Gasteiger partial charge on any atom is 0.0687 e.